The van der Waals surface area contributed by atoms with E-state index in [9.17, 15) is 17.6 Å². The molecule has 0 aliphatic carbocycles. The van der Waals surface area contributed by atoms with Crippen LogP contribution >= 0.6 is 0 Å². The number of rotatable bonds is 5. The van der Waals surface area contributed by atoms with E-state index in [-0.39, 0.29) is 12.2 Å². The van der Waals surface area contributed by atoms with Crippen LogP contribution in [0.4, 0.5) is 4.39 Å². The van der Waals surface area contributed by atoms with Crippen LogP contribution in [0.5, 0.6) is 5.75 Å². The van der Waals surface area contributed by atoms with Crippen molar-refractivity contribution >= 4 is 15.8 Å². The molecule has 7 heteroatoms. The molecule has 5 nitrogen and oxygen atoms in total. The number of carboxylic acid groups (broad SMARTS) is 1. The highest BCUT2D eigenvalue weighted by molar-refractivity contribution is 7.90. The van der Waals surface area contributed by atoms with Crippen molar-refractivity contribution in [3.63, 3.8) is 0 Å². The molecule has 20 heavy (non-hydrogen) atoms. The van der Waals surface area contributed by atoms with E-state index < -0.39 is 31.9 Å². The van der Waals surface area contributed by atoms with Crippen LogP contribution in [-0.2, 0) is 20.0 Å². The lowest BCUT2D eigenvalue weighted by atomic mass is 9.81. The van der Waals surface area contributed by atoms with Gasteiger partial charge in [-0.2, -0.15) is 0 Å². The lowest BCUT2D eigenvalue weighted by molar-refractivity contribution is -0.138. The number of hydrogen-bond acceptors (Lipinski definition) is 4. The van der Waals surface area contributed by atoms with Crippen molar-refractivity contribution in [3.05, 3.63) is 23.5 Å². The number of halogens is 1. The maximum absolute atomic E-state index is 14.1. The molecule has 112 valence electrons. The molecule has 0 heterocycles. The van der Waals surface area contributed by atoms with Crippen molar-refractivity contribution < 1.29 is 27.4 Å². The van der Waals surface area contributed by atoms with Gasteiger partial charge in [0.25, 0.3) is 0 Å². The van der Waals surface area contributed by atoms with Crippen molar-refractivity contribution in [1.82, 2.24) is 0 Å². The van der Waals surface area contributed by atoms with E-state index in [1.54, 1.807) is 13.8 Å². The Bertz CT molecular complexity index is 634. The molecule has 0 aromatic heterocycles. The average molecular weight is 304 g/mol. The van der Waals surface area contributed by atoms with Crippen LogP contribution in [0.1, 0.15) is 25.8 Å². The van der Waals surface area contributed by atoms with Crippen molar-refractivity contribution in [2.75, 3.05) is 13.4 Å². The van der Waals surface area contributed by atoms with Crippen molar-refractivity contribution in [3.8, 4) is 5.75 Å². The first-order valence-electron chi connectivity index (χ1n) is 5.79. The Balaban J connectivity index is 3.49. The lowest BCUT2D eigenvalue weighted by Gasteiger charge is -2.24. The van der Waals surface area contributed by atoms with E-state index >= 15 is 0 Å². The molecule has 0 aliphatic heterocycles. The molecule has 0 bridgehead atoms. The maximum atomic E-state index is 14.1. The van der Waals surface area contributed by atoms with Crippen LogP contribution in [0.2, 0.25) is 0 Å². The number of aliphatic carboxylic acids is 1. The fourth-order valence-electron chi connectivity index (χ4n) is 1.95. The molecule has 0 unspecified atom stereocenters. The predicted octanol–water partition coefficient (Wildman–Crippen LogP) is 1.99. The van der Waals surface area contributed by atoms with Gasteiger partial charge in [-0.3, -0.25) is 4.79 Å². The summed E-state index contributed by atoms with van der Waals surface area (Å²) in [4.78, 5) is 10.3. The fraction of sp³-hybridized carbons (Fsp3) is 0.462. The number of carbonyl (C=O) groups is 1. The lowest BCUT2D eigenvalue weighted by Crippen LogP contribution is -2.22. The van der Waals surface area contributed by atoms with Gasteiger partial charge in [0.15, 0.2) is 9.84 Å². The van der Waals surface area contributed by atoms with Gasteiger partial charge in [0, 0.05) is 11.7 Å². The zero-order chi connectivity index (χ0) is 15.7. The second kappa shape index (κ2) is 5.40. The standard InChI is InChI=1S/C13H17FO5S/c1-13(2,7-11(15)16)8-5-9(14)12(20(4,17)18)10(6-8)19-3/h5-6H,7H2,1-4H3,(H,15,16). The Labute approximate surface area is 117 Å². The molecule has 1 aromatic carbocycles. The van der Waals surface area contributed by atoms with Gasteiger partial charge in [-0.05, 0) is 17.7 Å². The minimum absolute atomic E-state index is 0.124. The second-order valence-electron chi connectivity index (χ2n) is 5.22. The van der Waals surface area contributed by atoms with E-state index in [4.69, 9.17) is 9.84 Å². The fourth-order valence-corrected chi connectivity index (χ4v) is 2.87. The van der Waals surface area contributed by atoms with E-state index in [0.717, 1.165) is 12.3 Å². The van der Waals surface area contributed by atoms with Crippen LogP contribution < -0.4 is 4.74 Å². The van der Waals surface area contributed by atoms with Gasteiger partial charge < -0.3 is 9.84 Å². The minimum atomic E-state index is -3.78. The summed E-state index contributed by atoms with van der Waals surface area (Å²) in [6, 6.07) is 2.41. The average Bonchev–Trinajstić information content (AvgIpc) is 2.24. The predicted molar refractivity (Wildman–Crippen MR) is 71.3 cm³/mol. The number of methoxy groups -OCH3 is 1. The number of sulfone groups is 1. The second-order valence-corrected chi connectivity index (χ2v) is 7.17. The molecule has 0 amide bonds. The van der Waals surface area contributed by atoms with Crippen LogP contribution in [-0.4, -0.2) is 32.9 Å². The minimum Gasteiger partial charge on any atom is -0.495 e. The SMILES string of the molecule is COc1cc(C(C)(C)CC(=O)O)cc(F)c1S(C)(=O)=O. The molecule has 1 N–H and O–H groups in total. The zero-order valence-electron chi connectivity index (χ0n) is 11.7. The van der Waals surface area contributed by atoms with E-state index in [1.807, 2.05) is 0 Å². The third-order valence-electron chi connectivity index (χ3n) is 2.97. The maximum Gasteiger partial charge on any atom is 0.304 e. The summed E-state index contributed by atoms with van der Waals surface area (Å²) in [5, 5.41) is 8.87. The molecule has 0 saturated heterocycles. The summed E-state index contributed by atoms with van der Waals surface area (Å²) in [7, 11) is -2.54. The van der Waals surface area contributed by atoms with Crippen LogP contribution in [0, 0.1) is 5.82 Å². The molecule has 0 atom stereocenters. The Morgan fingerprint density at radius 1 is 1.40 bits per heavy atom. The summed E-state index contributed by atoms with van der Waals surface area (Å²) in [5.41, 5.74) is -0.489. The molecule has 0 radical (unpaired) electrons. The highest BCUT2D eigenvalue weighted by atomic mass is 32.2. The highest BCUT2D eigenvalue weighted by Gasteiger charge is 2.29. The number of ether oxygens (including phenoxy) is 1. The summed E-state index contributed by atoms with van der Waals surface area (Å²) in [6.07, 6.45) is 0.670. The summed E-state index contributed by atoms with van der Waals surface area (Å²) < 4.78 is 42.1. The summed E-state index contributed by atoms with van der Waals surface area (Å²) in [5.74, 6) is -2.09. The topological polar surface area (TPSA) is 80.7 Å². The number of carboxylic acids is 1. The molecular formula is C13H17FO5S. The number of hydrogen-bond donors (Lipinski definition) is 1. The Morgan fingerprint density at radius 2 is 1.95 bits per heavy atom. The van der Waals surface area contributed by atoms with Crippen LogP contribution in [0.25, 0.3) is 0 Å². The molecular weight excluding hydrogens is 287 g/mol. The molecule has 1 rings (SSSR count). The van der Waals surface area contributed by atoms with Gasteiger partial charge in [-0.25, -0.2) is 12.8 Å². The van der Waals surface area contributed by atoms with E-state index in [0.29, 0.717) is 5.56 Å². The van der Waals surface area contributed by atoms with Crippen LogP contribution in [0.3, 0.4) is 0 Å². The van der Waals surface area contributed by atoms with Gasteiger partial charge >= 0.3 is 5.97 Å². The largest absolute Gasteiger partial charge is 0.495 e. The van der Waals surface area contributed by atoms with Gasteiger partial charge in [0.05, 0.1) is 13.5 Å². The molecule has 1 aromatic rings. The van der Waals surface area contributed by atoms with Crippen molar-refractivity contribution in [2.24, 2.45) is 0 Å². The third-order valence-corrected chi connectivity index (χ3v) is 4.11. The molecule has 0 aliphatic rings. The molecule has 0 fully saturated rings. The zero-order valence-corrected chi connectivity index (χ0v) is 12.5. The van der Waals surface area contributed by atoms with Gasteiger partial charge in [-0.15, -0.1) is 0 Å². The number of benzene rings is 1. The van der Waals surface area contributed by atoms with Gasteiger partial charge in [0.1, 0.15) is 16.5 Å². The smallest absolute Gasteiger partial charge is 0.304 e. The van der Waals surface area contributed by atoms with E-state index in [2.05, 4.69) is 0 Å². The monoisotopic (exact) mass is 304 g/mol. The molecule has 0 spiro atoms. The van der Waals surface area contributed by atoms with Crippen LogP contribution in [0.15, 0.2) is 17.0 Å². The van der Waals surface area contributed by atoms with E-state index in [1.165, 1.54) is 13.2 Å². The van der Waals surface area contributed by atoms with Gasteiger partial charge in [0.2, 0.25) is 0 Å². The quantitative estimate of drug-likeness (QED) is 0.899. The Kier molecular flexibility index (Phi) is 4.43. The highest BCUT2D eigenvalue weighted by Crippen LogP contribution is 2.35. The molecule has 0 saturated carbocycles. The first-order valence-corrected chi connectivity index (χ1v) is 7.68. The summed E-state index contributed by atoms with van der Waals surface area (Å²) in [6.45, 7) is 3.27. The Hall–Kier alpha value is -1.63. The third kappa shape index (κ3) is 3.47. The van der Waals surface area contributed by atoms with Gasteiger partial charge in [-0.1, -0.05) is 13.8 Å². The normalized spacial score (nSPS) is 12.2. The van der Waals surface area contributed by atoms with Crippen molar-refractivity contribution in [2.45, 2.75) is 30.6 Å². The summed E-state index contributed by atoms with van der Waals surface area (Å²) >= 11 is 0. The first kappa shape index (κ1) is 16.4. The first-order chi connectivity index (χ1) is 8.99. The van der Waals surface area contributed by atoms with Crippen molar-refractivity contribution in [1.29, 1.82) is 0 Å². The Morgan fingerprint density at radius 3 is 2.35 bits per heavy atom.